The number of nitrogens with one attached hydrogen (secondary N) is 1. The van der Waals surface area contributed by atoms with E-state index in [1.54, 1.807) is 25.1 Å². The van der Waals surface area contributed by atoms with E-state index < -0.39 is 17.9 Å². The third-order valence-corrected chi connectivity index (χ3v) is 3.88. The van der Waals surface area contributed by atoms with Crippen LogP contribution in [0.25, 0.3) is 6.08 Å². The Morgan fingerprint density at radius 2 is 2.11 bits per heavy atom. The molecule has 27 heavy (non-hydrogen) atoms. The van der Waals surface area contributed by atoms with Crippen molar-refractivity contribution in [1.29, 1.82) is 0 Å². The molecule has 0 bridgehead atoms. The van der Waals surface area contributed by atoms with E-state index >= 15 is 0 Å². The Labute approximate surface area is 157 Å². The van der Waals surface area contributed by atoms with Crippen molar-refractivity contribution in [3.8, 4) is 11.5 Å². The van der Waals surface area contributed by atoms with E-state index in [-0.39, 0.29) is 36.8 Å². The summed E-state index contributed by atoms with van der Waals surface area (Å²) in [6, 6.07) is 2.62. The van der Waals surface area contributed by atoms with E-state index in [4.69, 9.17) is 9.47 Å². The maximum absolute atomic E-state index is 12.4. The normalized spacial score (nSPS) is 15.0. The van der Waals surface area contributed by atoms with Crippen LogP contribution in [0.4, 0.5) is 4.79 Å². The molecule has 0 spiro atoms. The number of hydrogen-bond acceptors (Lipinski definition) is 6. The largest absolute Gasteiger partial charge is 0.504 e. The van der Waals surface area contributed by atoms with E-state index in [2.05, 4.69) is 11.9 Å². The maximum atomic E-state index is 12.4. The van der Waals surface area contributed by atoms with Crippen molar-refractivity contribution < 1.29 is 29.0 Å². The third kappa shape index (κ3) is 4.66. The van der Waals surface area contributed by atoms with Crippen molar-refractivity contribution in [3.63, 3.8) is 0 Å². The van der Waals surface area contributed by atoms with Gasteiger partial charge in [0.2, 0.25) is 0 Å². The lowest BCUT2D eigenvalue weighted by Crippen LogP contribution is -2.33. The summed E-state index contributed by atoms with van der Waals surface area (Å²) in [5.41, 5.74) is 1.21. The van der Waals surface area contributed by atoms with Crippen LogP contribution in [-0.4, -0.2) is 48.2 Å². The zero-order valence-corrected chi connectivity index (χ0v) is 15.3. The topological polar surface area (TPSA) is 105 Å². The van der Waals surface area contributed by atoms with Crippen LogP contribution in [0.3, 0.4) is 0 Å². The van der Waals surface area contributed by atoms with Crippen LogP contribution in [0, 0.1) is 0 Å². The molecule has 1 saturated heterocycles. The highest BCUT2D eigenvalue weighted by molar-refractivity contribution is 6.14. The lowest BCUT2D eigenvalue weighted by Gasteiger charge is -2.11. The highest BCUT2D eigenvalue weighted by atomic mass is 16.5. The van der Waals surface area contributed by atoms with Crippen LogP contribution >= 0.6 is 0 Å². The van der Waals surface area contributed by atoms with Crippen molar-refractivity contribution in [2.75, 3.05) is 20.3 Å². The Morgan fingerprint density at radius 3 is 2.74 bits per heavy atom. The van der Waals surface area contributed by atoms with Gasteiger partial charge in [-0.15, -0.1) is 6.58 Å². The lowest BCUT2D eigenvalue weighted by molar-refractivity contribution is -0.143. The molecule has 1 fully saturated rings. The minimum Gasteiger partial charge on any atom is -0.504 e. The summed E-state index contributed by atoms with van der Waals surface area (Å²) < 4.78 is 9.95. The van der Waals surface area contributed by atoms with Gasteiger partial charge in [-0.05, 0) is 37.1 Å². The second kappa shape index (κ2) is 8.88. The average molecular weight is 374 g/mol. The number of ether oxygens (including phenoxy) is 2. The molecule has 0 radical (unpaired) electrons. The fraction of sp³-hybridized carbons (Fsp3) is 0.316. The van der Waals surface area contributed by atoms with Crippen LogP contribution in [0.5, 0.6) is 11.5 Å². The summed E-state index contributed by atoms with van der Waals surface area (Å²) in [6.07, 6.45) is 3.45. The SMILES string of the molecule is C=CCc1cc(C=C2NC(=O)N(CCC(=O)OCC)C2=O)cc(OC)c1O. The number of carbonyl (C=O) groups is 3. The molecule has 2 rings (SSSR count). The van der Waals surface area contributed by atoms with Gasteiger partial charge < -0.3 is 19.9 Å². The monoisotopic (exact) mass is 374 g/mol. The molecular weight excluding hydrogens is 352 g/mol. The number of phenols is 1. The maximum Gasteiger partial charge on any atom is 0.329 e. The molecule has 0 aromatic heterocycles. The number of methoxy groups -OCH3 is 1. The third-order valence-electron chi connectivity index (χ3n) is 3.88. The molecule has 1 heterocycles. The smallest absolute Gasteiger partial charge is 0.329 e. The van der Waals surface area contributed by atoms with Gasteiger partial charge >= 0.3 is 12.0 Å². The van der Waals surface area contributed by atoms with E-state index in [9.17, 15) is 19.5 Å². The van der Waals surface area contributed by atoms with Crippen LogP contribution in [-0.2, 0) is 20.7 Å². The van der Waals surface area contributed by atoms with Gasteiger partial charge in [0.15, 0.2) is 11.5 Å². The number of allylic oxidation sites excluding steroid dienone is 1. The summed E-state index contributed by atoms with van der Waals surface area (Å²) >= 11 is 0. The van der Waals surface area contributed by atoms with Crippen LogP contribution in [0.15, 0.2) is 30.5 Å². The first-order chi connectivity index (χ1) is 12.9. The lowest BCUT2D eigenvalue weighted by atomic mass is 10.0. The molecule has 3 amide bonds. The Kier molecular flexibility index (Phi) is 6.59. The first kappa shape index (κ1) is 20.0. The van der Waals surface area contributed by atoms with Gasteiger partial charge in [-0.2, -0.15) is 0 Å². The molecular formula is C19H22N2O6. The molecule has 0 atom stereocenters. The highest BCUT2D eigenvalue weighted by Gasteiger charge is 2.33. The zero-order chi connectivity index (χ0) is 20.0. The van der Waals surface area contributed by atoms with Gasteiger partial charge in [-0.25, -0.2) is 4.79 Å². The second-order valence-electron chi connectivity index (χ2n) is 5.72. The fourth-order valence-electron chi connectivity index (χ4n) is 2.62. The standard InChI is InChI=1S/C19H22N2O6/c1-4-6-13-9-12(11-15(26-3)17(13)23)10-14-18(24)21(19(25)20-14)8-7-16(22)27-5-2/h4,9-11,23H,1,5-8H2,2-3H3,(H,20,25). The van der Waals surface area contributed by atoms with Crippen LogP contribution in [0.1, 0.15) is 24.5 Å². The molecule has 1 aliphatic rings. The molecule has 0 unspecified atom stereocenters. The molecule has 2 N–H and O–H groups in total. The van der Waals surface area contributed by atoms with Gasteiger partial charge in [0, 0.05) is 12.1 Å². The predicted octanol–water partition coefficient (Wildman–Crippen LogP) is 1.98. The first-order valence-electron chi connectivity index (χ1n) is 8.42. The van der Waals surface area contributed by atoms with Crippen LogP contribution in [0.2, 0.25) is 0 Å². The Hall–Kier alpha value is -3.29. The number of rotatable bonds is 8. The minimum atomic E-state index is -0.604. The van der Waals surface area contributed by atoms with Gasteiger partial charge in [0.05, 0.1) is 20.1 Å². The summed E-state index contributed by atoms with van der Waals surface area (Å²) in [5.74, 6) is -0.774. The average Bonchev–Trinajstić information content (AvgIpc) is 2.89. The summed E-state index contributed by atoms with van der Waals surface area (Å²) in [5, 5.41) is 12.6. The number of phenolic OH excluding ortho intramolecular Hbond substituents is 1. The Morgan fingerprint density at radius 1 is 1.37 bits per heavy atom. The number of carbonyl (C=O) groups excluding carboxylic acids is 3. The van der Waals surface area contributed by atoms with E-state index in [0.717, 1.165) is 4.90 Å². The fourth-order valence-corrected chi connectivity index (χ4v) is 2.62. The summed E-state index contributed by atoms with van der Waals surface area (Å²) in [4.78, 5) is 36.9. The van der Waals surface area contributed by atoms with E-state index in [1.165, 1.54) is 13.2 Å². The van der Waals surface area contributed by atoms with Gasteiger partial charge in [0.1, 0.15) is 5.70 Å². The highest BCUT2D eigenvalue weighted by Crippen LogP contribution is 2.33. The van der Waals surface area contributed by atoms with Crippen molar-refractivity contribution in [1.82, 2.24) is 10.2 Å². The number of nitrogens with zero attached hydrogens (tertiary/aromatic N) is 1. The number of esters is 1. The van der Waals surface area contributed by atoms with Gasteiger partial charge in [0.25, 0.3) is 5.91 Å². The molecule has 1 aromatic carbocycles. The quantitative estimate of drug-likeness (QED) is 0.312. The molecule has 0 saturated carbocycles. The number of benzene rings is 1. The van der Waals surface area contributed by atoms with Gasteiger partial charge in [-0.1, -0.05) is 6.08 Å². The van der Waals surface area contributed by atoms with Crippen molar-refractivity contribution in [2.45, 2.75) is 19.8 Å². The summed E-state index contributed by atoms with van der Waals surface area (Å²) in [6.45, 7) is 5.49. The number of imide groups is 1. The first-order valence-corrected chi connectivity index (χ1v) is 8.42. The van der Waals surface area contributed by atoms with Crippen molar-refractivity contribution in [3.05, 3.63) is 41.6 Å². The minimum absolute atomic E-state index is 0.00241. The predicted molar refractivity (Wildman–Crippen MR) is 98.0 cm³/mol. The van der Waals surface area contributed by atoms with Gasteiger partial charge in [-0.3, -0.25) is 14.5 Å². The molecule has 0 aliphatic carbocycles. The zero-order valence-electron chi connectivity index (χ0n) is 15.3. The number of urea groups is 1. The van der Waals surface area contributed by atoms with Crippen LogP contribution < -0.4 is 10.1 Å². The Balaban J connectivity index is 2.23. The van der Waals surface area contributed by atoms with E-state index in [0.29, 0.717) is 17.5 Å². The molecule has 1 aromatic rings. The number of aromatic hydroxyl groups is 1. The summed E-state index contributed by atoms with van der Waals surface area (Å²) in [7, 11) is 1.42. The molecule has 1 aliphatic heterocycles. The number of hydrogen-bond donors (Lipinski definition) is 2. The van der Waals surface area contributed by atoms with Crippen molar-refractivity contribution in [2.24, 2.45) is 0 Å². The van der Waals surface area contributed by atoms with E-state index in [1.807, 2.05) is 0 Å². The molecule has 8 nitrogen and oxygen atoms in total. The Bertz CT molecular complexity index is 800. The number of amides is 3. The second-order valence-corrected chi connectivity index (χ2v) is 5.72. The molecule has 144 valence electrons. The van der Waals surface area contributed by atoms with Crippen molar-refractivity contribution >= 4 is 24.0 Å². The molecule has 8 heteroatoms.